The van der Waals surface area contributed by atoms with Gasteiger partial charge in [0.05, 0.1) is 25.0 Å². The van der Waals surface area contributed by atoms with Gasteiger partial charge in [-0.1, -0.05) is 13.8 Å². The summed E-state index contributed by atoms with van der Waals surface area (Å²) in [5, 5.41) is 0. The van der Waals surface area contributed by atoms with Crippen LogP contribution in [-0.2, 0) is 9.47 Å². The average molecular weight is 438 g/mol. The Balaban J connectivity index is 2.04. The molecule has 1 fully saturated rings. The lowest BCUT2D eigenvalue weighted by Crippen LogP contribution is -2.36. The largest absolute Gasteiger partial charge is 0.378 e. The number of rotatable bonds is 9. The first-order chi connectivity index (χ1) is 15.5. The highest BCUT2D eigenvalue weighted by Gasteiger charge is 2.22. The van der Waals surface area contributed by atoms with Crippen molar-refractivity contribution in [3.8, 4) is 0 Å². The maximum atomic E-state index is 5.67. The number of aromatic nitrogens is 1. The van der Waals surface area contributed by atoms with Gasteiger partial charge in [-0.3, -0.25) is 4.98 Å². The molecule has 1 saturated heterocycles. The summed E-state index contributed by atoms with van der Waals surface area (Å²) >= 11 is 0. The zero-order valence-corrected chi connectivity index (χ0v) is 20.6. The Hall–Kier alpha value is -2.37. The van der Waals surface area contributed by atoms with E-state index < -0.39 is 0 Å². The number of benzene rings is 1. The lowest BCUT2D eigenvalue weighted by molar-refractivity contribution is 0.115. The molecule has 0 amide bonds. The fraction of sp³-hybridized carbons (Fsp3) is 0.519. The van der Waals surface area contributed by atoms with Crippen LogP contribution in [0.4, 0.5) is 11.4 Å². The highest BCUT2D eigenvalue weighted by atomic mass is 16.5. The fourth-order valence-corrected chi connectivity index (χ4v) is 4.50. The summed E-state index contributed by atoms with van der Waals surface area (Å²) in [4.78, 5) is 9.53. The number of nitrogens with zero attached hydrogens (tertiary/aromatic N) is 3. The van der Waals surface area contributed by atoms with Gasteiger partial charge in [0.25, 0.3) is 0 Å². The number of anilines is 2. The van der Waals surface area contributed by atoms with Crippen molar-refractivity contribution in [2.24, 2.45) is 5.92 Å². The number of pyridine rings is 1. The smallest absolute Gasteiger partial charge is 0.0969 e. The van der Waals surface area contributed by atoms with Gasteiger partial charge in [0, 0.05) is 55.6 Å². The Labute approximate surface area is 194 Å². The Morgan fingerprint density at radius 1 is 1.12 bits per heavy atom. The first-order valence-electron chi connectivity index (χ1n) is 11.8. The summed E-state index contributed by atoms with van der Waals surface area (Å²) in [6.45, 7) is 15.5. The van der Waals surface area contributed by atoms with Crippen LogP contribution < -0.4 is 9.80 Å². The maximum Gasteiger partial charge on any atom is 0.0969 e. The second-order valence-electron chi connectivity index (χ2n) is 8.90. The SMILES string of the molecule is CCN(/C(=C(\C)CC(C)C)c1cccnc1C(C)OC)c1ccc(N2CCOCC2)cc1. The summed E-state index contributed by atoms with van der Waals surface area (Å²) in [6.07, 6.45) is 2.82. The molecule has 1 atom stereocenters. The second-order valence-corrected chi connectivity index (χ2v) is 8.90. The molecule has 0 saturated carbocycles. The van der Waals surface area contributed by atoms with Crippen LogP contribution in [0.3, 0.4) is 0 Å². The molecule has 1 aromatic heterocycles. The monoisotopic (exact) mass is 437 g/mol. The van der Waals surface area contributed by atoms with Gasteiger partial charge in [0.1, 0.15) is 0 Å². The van der Waals surface area contributed by atoms with E-state index in [1.165, 1.54) is 22.6 Å². The van der Waals surface area contributed by atoms with E-state index in [0.717, 1.165) is 50.5 Å². The maximum absolute atomic E-state index is 5.67. The van der Waals surface area contributed by atoms with E-state index in [1.54, 1.807) is 7.11 Å². The van der Waals surface area contributed by atoms with Gasteiger partial charge in [-0.05, 0) is 75.1 Å². The molecular formula is C27H39N3O2. The fourth-order valence-electron chi connectivity index (χ4n) is 4.50. The molecule has 0 aliphatic carbocycles. The summed E-state index contributed by atoms with van der Waals surface area (Å²) in [5.74, 6) is 0.576. The van der Waals surface area contributed by atoms with E-state index in [-0.39, 0.29) is 6.10 Å². The van der Waals surface area contributed by atoms with Crippen molar-refractivity contribution < 1.29 is 9.47 Å². The summed E-state index contributed by atoms with van der Waals surface area (Å²) in [7, 11) is 1.75. The van der Waals surface area contributed by atoms with Crippen LogP contribution in [0.25, 0.3) is 5.70 Å². The third-order valence-corrected chi connectivity index (χ3v) is 6.07. The minimum absolute atomic E-state index is 0.0737. The topological polar surface area (TPSA) is 37.8 Å². The molecule has 5 heteroatoms. The molecule has 2 heterocycles. The van der Waals surface area contributed by atoms with Gasteiger partial charge >= 0.3 is 0 Å². The third kappa shape index (κ3) is 5.70. The van der Waals surface area contributed by atoms with E-state index in [2.05, 4.69) is 74.8 Å². The summed E-state index contributed by atoms with van der Waals surface area (Å²) in [5.41, 5.74) is 7.20. The first kappa shape index (κ1) is 24.3. The molecule has 3 rings (SSSR count). The van der Waals surface area contributed by atoms with Crippen LogP contribution in [-0.4, -0.2) is 44.9 Å². The van der Waals surface area contributed by atoms with Crippen molar-refractivity contribution in [1.29, 1.82) is 0 Å². The summed E-state index contributed by atoms with van der Waals surface area (Å²) in [6, 6.07) is 13.2. The highest BCUT2D eigenvalue weighted by molar-refractivity contribution is 5.82. The van der Waals surface area contributed by atoms with Crippen molar-refractivity contribution in [3.05, 3.63) is 59.4 Å². The van der Waals surface area contributed by atoms with Crippen LogP contribution in [0.5, 0.6) is 0 Å². The Morgan fingerprint density at radius 2 is 1.81 bits per heavy atom. The molecule has 174 valence electrons. The molecule has 1 aliphatic rings. The Morgan fingerprint density at radius 3 is 2.41 bits per heavy atom. The zero-order chi connectivity index (χ0) is 23.1. The zero-order valence-electron chi connectivity index (χ0n) is 20.6. The number of ether oxygens (including phenoxy) is 2. The van der Waals surface area contributed by atoms with Crippen LogP contribution in [0, 0.1) is 5.92 Å². The summed E-state index contributed by atoms with van der Waals surface area (Å²) < 4.78 is 11.2. The molecular weight excluding hydrogens is 398 g/mol. The van der Waals surface area contributed by atoms with Crippen molar-refractivity contribution >= 4 is 17.1 Å². The number of hydrogen-bond acceptors (Lipinski definition) is 5. The van der Waals surface area contributed by atoms with Gasteiger partial charge in [-0.2, -0.15) is 0 Å². The Bertz CT molecular complexity index is 886. The van der Waals surface area contributed by atoms with E-state index >= 15 is 0 Å². The standard InChI is InChI=1S/C27H39N3O2/c1-7-30(24-12-10-23(11-13-24)29-15-17-32-18-16-29)27(21(4)19-20(2)3)25-9-8-14-28-26(25)22(5)31-6/h8-14,20,22H,7,15-19H2,1-6H3/b27-21+. The number of morpholine rings is 1. The molecule has 0 N–H and O–H groups in total. The van der Waals surface area contributed by atoms with Crippen molar-refractivity contribution in [3.63, 3.8) is 0 Å². The van der Waals surface area contributed by atoms with Crippen LogP contribution in [0.1, 0.15) is 58.4 Å². The first-order valence-corrected chi connectivity index (χ1v) is 11.8. The molecule has 1 unspecified atom stereocenters. The van der Waals surface area contributed by atoms with Crippen molar-refractivity contribution in [2.75, 3.05) is 49.8 Å². The van der Waals surface area contributed by atoms with E-state index in [1.807, 2.05) is 12.3 Å². The molecule has 5 nitrogen and oxygen atoms in total. The molecule has 0 spiro atoms. The molecule has 0 radical (unpaired) electrons. The van der Waals surface area contributed by atoms with E-state index in [9.17, 15) is 0 Å². The number of methoxy groups -OCH3 is 1. The molecule has 1 aliphatic heterocycles. The lowest BCUT2D eigenvalue weighted by atomic mass is 9.95. The second kappa shape index (κ2) is 11.5. The molecule has 1 aromatic carbocycles. The minimum atomic E-state index is -0.0737. The molecule has 0 bridgehead atoms. The molecule has 32 heavy (non-hydrogen) atoms. The van der Waals surface area contributed by atoms with Gasteiger partial charge in [0.2, 0.25) is 0 Å². The van der Waals surface area contributed by atoms with Crippen LogP contribution >= 0.6 is 0 Å². The molecule has 2 aromatic rings. The van der Waals surface area contributed by atoms with Crippen LogP contribution in [0.2, 0.25) is 0 Å². The number of allylic oxidation sites excluding steroid dienone is 1. The van der Waals surface area contributed by atoms with Gasteiger partial charge < -0.3 is 19.3 Å². The highest BCUT2D eigenvalue weighted by Crippen LogP contribution is 2.35. The Kier molecular flexibility index (Phi) is 8.71. The number of hydrogen-bond donors (Lipinski definition) is 0. The lowest BCUT2D eigenvalue weighted by Gasteiger charge is -2.32. The van der Waals surface area contributed by atoms with Gasteiger partial charge in [0.15, 0.2) is 0 Å². The predicted molar refractivity (Wildman–Crippen MR) is 134 cm³/mol. The quantitative estimate of drug-likeness (QED) is 0.486. The van der Waals surface area contributed by atoms with Crippen molar-refractivity contribution in [2.45, 2.75) is 47.1 Å². The average Bonchev–Trinajstić information content (AvgIpc) is 2.82. The van der Waals surface area contributed by atoms with Crippen LogP contribution in [0.15, 0.2) is 48.2 Å². The minimum Gasteiger partial charge on any atom is -0.378 e. The normalized spacial score (nSPS) is 16.2. The van der Waals surface area contributed by atoms with Gasteiger partial charge in [-0.15, -0.1) is 0 Å². The third-order valence-electron chi connectivity index (χ3n) is 6.07. The van der Waals surface area contributed by atoms with Crippen molar-refractivity contribution in [1.82, 2.24) is 4.98 Å². The van der Waals surface area contributed by atoms with Gasteiger partial charge in [-0.25, -0.2) is 0 Å². The van der Waals surface area contributed by atoms with E-state index in [4.69, 9.17) is 14.5 Å². The predicted octanol–water partition coefficient (Wildman–Crippen LogP) is 5.93. The van der Waals surface area contributed by atoms with E-state index in [0.29, 0.717) is 5.92 Å².